The molecule has 21 heavy (non-hydrogen) atoms. The Morgan fingerprint density at radius 1 is 1.24 bits per heavy atom. The highest BCUT2D eigenvalue weighted by Gasteiger charge is 2.17. The highest BCUT2D eigenvalue weighted by atomic mass is 35.5. The minimum absolute atomic E-state index is 0.220. The molecule has 0 aromatic carbocycles. The summed E-state index contributed by atoms with van der Waals surface area (Å²) in [6, 6.07) is 0. The second-order valence-electron chi connectivity index (χ2n) is 5.15. The monoisotopic (exact) mass is 307 g/mol. The van der Waals surface area contributed by atoms with E-state index in [0.717, 1.165) is 24.3 Å². The molecule has 0 spiro atoms. The summed E-state index contributed by atoms with van der Waals surface area (Å²) in [6.07, 6.45) is 4.17. The molecule has 0 unspecified atom stereocenters. The SMILES string of the molecule is Cc1c(CNc2nc(Cl)nc(N3CCCC3)n2)cnn1C. The molecule has 0 radical (unpaired) electrons. The summed E-state index contributed by atoms with van der Waals surface area (Å²) < 4.78 is 1.84. The Bertz CT molecular complexity index is 633. The van der Waals surface area contributed by atoms with Crippen molar-refractivity contribution in [2.45, 2.75) is 26.3 Å². The zero-order valence-electron chi connectivity index (χ0n) is 12.2. The number of aryl methyl sites for hydroxylation is 1. The molecule has 1 fully saturated rings. The number of anilines is 2. The van der Waals surface area contributed by atoms with E-state index in [-0.39, 0.29) is 5.28 Å². The van der Waals surface area contributed by atoms with E-state index < -0.39 is 0 Å². The number of hydrogen-bond donors (Lipinski definition) is 1. The fraction of sp³-hybridized carbons (Fsp3) is 0.538. The lowest BCUT2D eigenvalue weighted by molar-refractivity contribution is 0.738. The fourth-order valence-corrected chi connectivity index (χ4v) is 2.52. The van der Waals surface area contributed by atoms with Gasteiger partial charge in [0.05, 0.1) is 6.20 Å². The second-order valence-corrected chi connectivity index (χ2v) is 5.49. The lowest BCUT2D eigenvalue weighted by atomic mass is 10.2. The van der Waals surface area contributed by atoms with Gasteiger partial charge in [0.25, 0.3) is 0 Å². The first-order valence-corrected chi connectivity index (χ1v) is 7.39. The van der Waals surface area contributed by atoms with Crippen LogP contribution < -0.4 is 10.2 Å². The van der Waals surface area contributed by atoms with Gasteiger partial charge in [0.2, 0.25) is 17.2 Å². The Morgan fingerprint density at radius 3 is 2.67 bits per heavy atom. The van der Waals surface area contributed by atoms with E-state index in [1.54, 1.807) is 0 Å². The number of rotatable bonds is 4. The Labute approximate surface area is 128 Å². The first-order chi connectivity index (χ1) is 10.1. The van der Waals surface area contributed by atoms with Crippen LogP contribution in [0.25, 0.3) is 0 Å². The predicted octanol–water partition coefficient (Wildman–Crippen LogP) is 1.78. The van der Waals surface area contributed by atoms with Crippen molar-refractivity contribution in [3.05, 3.63) is 22.7 Å². The number of halogens is 1. The van der Waals surface area contributed by atoms with Crippen molar-refractivity contribution < 1.29 is 0 Å². The summed E-state index contributed by atoms with van der Waals surface area (Å²) in [6.45, 7) is 4.59. The van der Waals surface area contributed by atoms with Gasteiger partial charge in [-0.1, -0.05) is 0 Å². The standard InChI is InChI=1S/C13H18ClN7/c1-9-10(8-16-20(9)2)7-15-12-17-11(14)18-13(19-12)21-5-3-4-6-21/h8H,3-7H2,1-2H3,(H,15,17,18,19). The zero-order valence-corrected chi connectivity index (χ0v) is 12.9. The van der Waals surface area contributed by atoms with Crippen LogP contribution in [-0.2, 0) is 13.6 Å². The molecule has 112 valence electrons. The minimum atomic E-state index is 0.220. The highest BCUT2D eigenvalue weighted by molar-refractivity contribution is 6.28. The van der Waals surface area contributed by atoms with Crippen LogP contribution in [-0.4, -0.2) is 37.8 Å². The molecule has 3 rings (SSSR count). The number of hydrogen-bond acceptors (Lipinski definition) is 6. The molecule has 0 bridgehead atoms. The van der Waals surface area contributed by atoms with Crippen molar-refractivity contribution in [1.82, 2.24) is 24.7 Å². The van der Waals surface area contributed by atoms with E-state index in [9.17, 15) is 0 Å². The highest BCUT2D eigenvalue weighted by Crippen LogP contribution is 2.19. The average molecular weight is 308 g/mol. The van der Waals surface area contributed by atoms with Crippen LogP contribution in [0.5, 0.6) is 0 Å². The van der Waals surface area contributed by atoms with E-state index in [1.165, 1.54) is 12.8 Å². The van der Waals surface area contributed by atoms with Crippen LogP contribution in [0, 0.1) is 6.92 Å². The summed E-state index contributed by atoms with van der Waals surface area (Å²) in [4.78, 5) is 14.9. The van der Waals surface area contributed by atoms with Gasteiger partial charge < -0.3 is 10.2 Å². The van der Waals surface area contributed by atoms with E-state index in [1.807, 2.05) is 24.9 Å². The number of nitrogens with one attached hydrogen (secondary N) is 1. The third kappa shape index (κ3) is 3.07. The van der Waals surface area contributed by atoms with Crippen molar-refractivity contribution in [3.63, 3.8) is 0 Å². The zero-order chi connectivity index (χ0) is 14.8. The predicted molar refractivity (Wildman–Crippen MR) is 81.6 cm³/mol. The third-order valence-electron chi connectivity index (χ3n) is 3.76. The smallest absolute Gasteiger partial charge is 0.231 e. The molecule has 0 saturated carbocycles. The summed E-state index contributed by atoms with van der Waals surface area (Å²) in [5, 5.41) is 7.63. The maximum Gasteiger partial charge on any atom is 0.231 e. The van der Waals surface area contributed by atoms with E-state index >= 15 is 0 Å². The summed E-state index contributed by atoms with van der Waals surface area (Å²) >= 11 is 6.00. The van der Waals surface area contributed by atoms with Crippen LogP contribution in [0.4, 0.5) is 11.9 Å². The molecule has 1 aliphatic heterocycles. The van der Waals surface area contributed by atoms with Gasteiger partial charge in [-0.2, -0.15) is 20.1 Å². The first-order valence-electron chi connectivity index (χ1n) is 7.01. The van der Waals surface area contributed by atoms with Crippen LogP contribution >= 0.6 is 11.6 Å². The second kappa shape index (κ2) is 5.85. The van der Waals surface area contributed by atoms with Gasteiger partial charge in [-0.25, -0.2) is 0 Å². The molecule has 0 aliphatic carbocycles. The van der Waals surface area contributed by atoms with Gasteiger partial charge in [0.1, 0.15) is 0 Å². The van der Waals surface area contributed by atoms with Gasteiger partial charge in [-0.15, -0.1) is 0 Å². The molecular formula is C13H18ClN7. The molecule has 1 saturated heterocycles. The number of aromatic nitrogens is 5. The van der Waals surface area contributed by atoms with Gasteiger partial charge in [0.15, 0.2) is 0 Å². The molecular weight excluding hydrogens is 290 g/mol. The number of nitrogens with zero attached hydrogens (tertiary/aromatic N) is 6. The van der Waals surface area contributed by atoms with Crippen LogP contribution in [0.2, 0.25) is 5.28 Å². The summed E-state index contributed by atoms with van der Waals surface area (Å²) in [7, 11) is 1.92. The lowest BCUT2D eigenvalue weighted by Gasteiger charge is -2.15. The van der Waals surface area contributed by atoms with E-state index in [0.29, 0.717) is 18.4 Å². The maximum atomic E-state index is 6.00. The Morgan fingerprint density at radius 2 is 2.00 bits per heavy atom. The van der Waals surface area contributed by atoms with E-state index in [4.69, 9.17) is 11.6 Å². The largest absolute Gasteiger partial charge is 0.350 e. The normalized spacial score (nSPS) is 14.7. The molecule has 0 atom stereocenters. The molecule has 3 heterocycles. The van der Waals surface area contributed by atoms with Gasteiger partial charge in [-0.05, 0) is 31.4 Å². The summed E-state index contributed by atoms with van der Waals surface area (Å²) in [5.41, 5.74) is 2.22. The maximum absolute atomic E-state index is 6.00. The first kappa shape index (κ1) is 14.1. The minimum Gasteiger partial charge on any atom is -0.350 e. The van der Waals surface area contributed by atoms with Crippen LogP contribution in [0.15, 0.2) is 6.20 Å². The molecule has 0 amide bonds. The van der Waals surface area contributed by atoms with Crippen molar-refractivity contribution in [3.8, 4) is 0 Å². The molecule has 1 N–H and O–H groups in total. The van der Waals surface area contributed by atoms with Crippen molar-refractivity contribution >= 4 is 23.5 Å². The molecule has 7 nitrogen and oxygen atoms in total. The van der Waals surface area contributed by atoms with Gasteiger partial charge in [0, 0.05) is 37.9 Å². The van der Waals surface area contributed by atoms with Gasteiger partial charge in [-0.3, -0.25) is 4.68 Å². The van der Waals surface area contributed by atoms with Crippen LogP contribution in [0.1, 0.15) is 24.1 Å². The van der Waals surface area contributed by atoms with Crippen molar-refractivity contribution in [2.24, 2.45) is 7.05 Å². The lowest BCUT2D eigenvalue weighted by Crippen LogP contribution is -2.21. The third-order valence-corrected chi connectivity index (χ3v) is 3.93. The topological polar surface area (TPSA) is 71.8 Å². The Balaban J connectivity index is 1.74. The fourth-order valence-electron chi connectivity index (χ4n) is 2.37. The molecule has 1 aliphatic rings. The molecule has 2 aromatic heterocycles. The quantitative estimate of drug-likeness (QED) is 0.928. The molecule has 2 aromatic rings. The average Bonchev–Trinajstić information content (AvgIpc) is 3.09. The van der Waals surface area contributed by atoms with E-state index in [2.05, 4.69) is 30.3 Å². The summed E-state index contributed by atoms with van der Waals surface area (Å²) in [5.74, 6) is 1.15. The van der Waals surface area contributed by atoms with Gasteiger partial charge >= 0.3 is 0 Å². The Hall–Kier alpha value is -1.89. The van der Waals surface area contributed by atoms with Crippen molar-refractivity contribution in [2.75, 3.05) is 23.3 Å². The molecule has 8 heteroatoms. The van der Waals surface area contributed by atoms with Crippen molar-refractivity contribution in [1.29, 1.82) is 0 Å². The Kier molecular flexibility index (Phi) is 3.92. The van der Waals surface area contributed by atoms with Crippen LogP contribution in [0.3, 0.4) is 0 Å².